The van der Waals surface area contributed by atoms with Crippen molar-refractivity contribution in [2.45, 2.75) is 65.6 Å². The number of carbonyl (C=O) groups excluding carboxylic acids is 1. The van der Waals surface area contributed by atoms with E-state index in [0.29, 0.717) is 5.92 Å². The molecule has 1 unspecified atom stereocenters. The zero-order valence-electron chi connectivity index (χ0n) is 13.6. The van der Waals surface area contributed by atoms with Gasteiger partial charge in [-0.25, -0.2) is 0 Å². The number of likely N-dealkylation sites (N-methyl/N-ethyl adjacent to an activating group) is 1. The van der Waals surface area contributed by atoms with Crippen molar-refractivity contribution in [3.05, 3.63) is 0 Å². The predicted molar refractivity (Wildman–Crippen MR) is 83.8 cm³/mol. The molecule has 0 N–H and O–H groups in total. The maximum absolute atomic E-state index is 12.4. The summed E-state index contributed by atoms with van der Waals surface area (Å²) in [4.78, 5) is 12.4. The highest BCUT2D eigenvalue weighted by Crippen LogP contribution is 2.20. The monoisotopic (exact) mass is 289 g/mol. The molecule has 0 rings (SSSR count). The number of nitrogens with zero attached hydrogens (tertiary/aromatic N) is 1. The highest BCUT2D eigenvalue weighted by atomic mass is 28.4. The van der Waals surface area contributed by atoms with Gasteiger partial charge in [-0.3, -0.25) is 4.79 Å². The van der Waals surface area contributed by atoms with Crippen molar-refractivity contribution in [3.8, 4) is 0 Å². The SMILES string of the molecule is CC(C)CC(C(=O)O[Si](C)(C)C)N(C)[Si](C)(C)C. The molecule has 0 aliphatic heterocycles. The average molecular weight is 290 g/mol. The van der Waals surface area contributed by atoms with Crippen molar-refractivity contribution in [1.82, 2.24) is 4.57 Å². The molecule has 18 heavy (non-hydrogen) atoms. The van der Waals surface area contributed by atoms with Gasteiger partial charge in [-0.05, 0) is 39.0 Å². The molecule has 3 nitrogen and oxygen atoms in total. The van der Waals surface area contributed by atoms with E-state index in [1.54, 1.807) is 0 Å². The highest BCUT2D eigenvalue weighted by Gasteiger charge is 2.35. The molecule has 0 saturated heterocycles. The zero-order chi connectivity index (χ0) is 14.7. The topological polar surface area (TPSA) is 29.5 Å². The number of rotatable bonds is 6. The van der Waals surface area contributed by atoms with Gasteiger partial charge in [0.1, 0.15) is 14.3 Å². The second-order valence-corrected chi connectivity index (χ2v) is 16.9. The molecular formula is C13H31NO2Si2. The minimum atomic E-state index is -1.80. The maximum Gasteiger partial charge on any atom is 0.309 e. The molecule has 0 aromatic rings. The number of hydrogen-bond donors (Lipinski definition) is 0. The van der Waals surface area contributed by atoms with E-state index in [0.717, 1.165) is 6.42 Å². The van der Waals surface area contributed by atoms with Gasteiger partial charge in [0.25, 0.3) is 0 Å². The maximum atomic E-state index is 12.4. The third-order valence-electron chi connectivity index (χ3n) is 2.90. The van der Waals surface area contributed by atoms with Crippen molar-refractivity contribution in [1.29, 1.82) is 0 Å². The molecule has 0 aliphatic carbocycles. The average Bonchev–Trinajstić information content (AvgIpc) is 2.08. The normalized spacial score (nSPS) is 15.1. The van der Waals surface area contributed by atoms with E-state index < -0.39 is 16.6 Å². The lowest BCUT2D eigenvalue weighted by molar-refractivity contribution is -0.139. The summed E-state index contributed by atoms with van der Waals surface area (Å²) in [5.41, 5.74) is 0. The third kappa shape index (κ3) is 6.70. The van der Waals surface area contributed by atoms with Crippen LogP contribution in [0.25, 0.3) is 0 Å². The van der Waals surface area contributed by atoms with Crippen LogP contribution in [-0.4, -0.2) is 40.2 Å². The molecule has 108 valence electrons. The van der Waals surface area contributed by atoms with Crippen LogP contribution in [0.2, 0.25) is 39.3 Å². The molecule has 0 fully saturated rings. The third-order valence-corrected chi connectivity index (χ3v) is 6.14. The van der Waals surface area contributed by atoms with Crippen LogP contribution in [0.15, 0.2) is 0 Å². The van der Waals surface area contributed by atoms with Crippen LogP contribution in [0.3, 0.4) is 0 Å². The quantitative estimate of drug-likeness (QED) is 0.700. The van der Waals surface area contributed by atoms with E-state index in [9.17, 15) is 4.79 Å². The Bertz CT molecular complexity index is 280. The fourth-order valence-electron chi connectivity index (χ4n) is 1.70. The zero-order valence-corrected chi connectivity index (χ0v) is 15.6. The summed E-state index contributed by atoms with van der Waals surface area (Å²) >= 11 is 0. The van der Waals surface area contributed by atoms with E-state index in [-0.39, 0.29) is 12.0 Å². The second kappa shape index (κ2) is 6.34. The Morgan fingerprint density at radius 3 is 1.83 bits per heavy atom. The predicted octanol–water partition coefficient (Wildman–Crippen LogP) is 3.55. The summed E-state index contributed by atoms with van der Waals surface area (Å²) < 4.78 is 7.97. The number of hydrogen-bond acceptors (Lipinski definition) is 3. The van der Waals surface area contributed by atoms with Gasteiger partial charge < -0.3 is 8.99 Å². The largest absolute Gasteiger partial charge is 0.519 e. The molecule has 0 amide bonds. The van der Waals surface area contributed by atoms with E-state index in [1.807, 2.05) is 0 Å². The van der Waals surface area contributed by atoms with E-state index >= 15 is 0 Å². The molecule has 0 aromatic carbocycles. The molecule has 0 radical (unpaired) electrons. The van der Waals surface area contributed by atoms with Gasteiger partial charge in [0, 0.05) is 0 Å². The minimum Gasteiger partial charge on any atom is -0.519 e. The van der Waals surface area contributed by atoms with Crippen LogP contribution < -0.4 is 0 Å². The molecular weight excluding hydrogens is 258 g/mol. The lowest BCUT2D eigenvalue weighted by Crippen LogP contribution is -2.54. The Hall–Kier alpha value is -0.136. The second-order valence-electron chi connectivity index (χ2n) is 7.46. The Morgan fingerprint density at radius 1 is 1.11 bits per heavy atom. The molecule has 1 atom stereocenters. The van der Waals surface area contributed by atoms with Crippen LogP contribution in [0.5, 0.6) is 0 Å². The van der Waals surface area contributed by atoms with Gasteiger partial charge in [-0.1, -0.05) is 33.5 Å². The summed E-state index contributed by atoms with van der Waals surface area (Å²) in [5.74, 6) is 0.482. The van der Waals surface area contributed by atoms with Crippen molar-refractivity contribution in [2.24, 2.45) is 5.92 Å². The molecule has 0 heterocycles. The standard InChI is InChI=1S/C13H31NO2Si2/c1-11(2)10-12(14(3)17(4,5)6)13(15)16-18(7,8)9/h11-12H,10H2,1-9H3. The first kappa shape index (κ1) is 17.9. The lowest BCUT2D eigenvalue weighted by Gasteiger charge is -2.38. The van der Waals surface area contributed by atoms with Crippen molar-refractivity contribution < 1.29 is 9.22 Å². The summed E-state index contributed by atoms with van der Waals surface area (Å²) in [5, 5.41) is 0. The van der Waals surface area contributed by atoms with Crippen LogP contribution in [0.4, 0.5) is 0 Å². The Labute approximate surface area is 115 Å². The Kier molecular flexibility index (Phi) is 6.30. The van der Waals surface area contributed by atoms with Gasteiger partial charge in [-0.15, -0.1) is 0 Å². The molecule has 0 saturated carbocycles. The lowest BCUT2D eigenvalue weighted by atomic mass is 10.0. The first-order chi connectivity index (χ1) is 7.84. The van der Waals surface area contributed by atoms with E-state index in [2.05, 4.69) is 64.7 Å². The first-order valence-corrected chi connectivity index (χ1v) is 13.7. The van der Waals surface area contributed by atoms with Crippen molar-refractivity contribution in [2.75, 3.05) is 7.05 Å². The molecule has 5 heteroatoms. The fraction of sp³-hybridized carbons (Fsp3) is 0.923. The van der Waals surface area contributed by atoms with Gasteiger partial charge in [0.05, 0.1) is 0 Å². The van der Waals surface area contributed by atoms with Crippen LogP contribution in [0.1, 0.15) is 20.3 Å². The van der Waals surface area contributed by atoms with E-state index in [4.69, 9.17) is 4.43 Å². The molecule has 0 bridgehead atoms. The summed E-state index contributed by atoms with van der Waals surface area (Å²) in [6.45, 7) is 17.3. The molecule has 0 spiro atoms. The number of carbonyl (C=O) groups is 1. The highest BCUT2D eigenvalue weighted by molar-refractivity contribution is 6.73. The molecule has 0 aliphatic rings. The van der Waals surface area contributed by atoms with Crippen LogP contribution >= 0.6 is 0 Å². The van der Waals surface area contributed by atoms with Crippen molar-refractivity contribution >= 4 is 22.5 Å². The van der Waals surface area contributed by atoms with Gasteiger partial charge in [-0.2, -0.15) is 0 Å². The smallest absolute Gasteiger partial charge is 0.309 e. The Morgan fingerprint density at radius 2 is 1.56 bits per heavy atom. The fourth-order valence-corrected chi connectivity index (χ4v) is 3.58. The van der Waals surface area contributed by atoms with Gasteiger partial charge in [0.15, 0.2) is 0 Å². The van der Waals surface area contributed by atoms with Crippen LogP contribution in [0, 0.1) is 5.92 Å². The van der Waals surface area contributed by atoms with Crippen molar-refractivity contribution in [3.63, 3.8) is 0 Å². The molecule has 0 aromatic heterocycles. The summed E-state index contributed by atoms with van der Waals surface area (Å²) in [6.07, 6.45) is 0.879. The summed E-state index contributed by atoms with van der Waals surface area (Å²) in [6, 6.07) is -0.0802. The first-order valence-electron chi connectivity index (χ1n) is 6.80. The summed E-state index contributed by atoms with van der Waals surface area (Å²) in [7, 11) is -1.21. The minimum absolute atomic E-state index is 0.0206. The van der Waals surface area contributed by atoms with Gasteiger partial charge >= 0.3 is 5.97 Å². The Balaban J connectivity index is 4.95. The van der Waals surface area contributed by atoms with Crippen LogP contribution in [-0.2, 0) is 9.22 Å². The van der Waals surface area contributed by atoms with E-state index in [1.165, 1.54) is 0 Å². The van der Waals surface area contributed by atoms with Gasteiger partial charge in [0.2, 0.25) is 8.32 Å².